The number of aromatic hydroxyl groups is 1. The summed E-state index contributed by atoms with van der Waals surface area (Å²) >= 11 is 0. The maximum Gasteiger partial charge on any atom is 0.408 e. The quantitative estimate of drug-likeness (QED) is 0.236. The molecule has 41 heavy (non-hydrogen) atoms. The fourth-order valence-electron chi connectivity index (χ4n) is 4.56. The van der Waals surface area contributed by atoms with Crippen molar-refractivity contribution in [3.8, 4) is 5.75 Å². The van der Waals surface area contributed by atoms with Crippen LogP contribution in [-0.2, 0) is 20.7 Å². The number of carbonyl (C=O) groups is 3. The Morgan fingerprint density at radius 1 is 0.902 bits per heavy atom. The number of nitrogens with one attached hydrogen (secondary N) is 2. The Balaban J connectivity index is 2.53. The first-order chi connectivity index (χ1) is 19.3. The molecule has 0 radical (unpaired) electrons. The lowest BCUT2D eigenvalue weighted by atomic mass is 9.98. The summed E-state index contributed by atoms with van der Waals surface area (Å²) in [4.78, 5) is 42.7. The van der Waals surface area contributed by atoms with Gasteiger partial charge < -0.3 is 25.4 Å². The molecule has 0 aromatic heterocycles. The first-order valence-corrected chi connectivity index (χ1v) is 14.8. The number of unbranched alkanes of at least 4 members (excludes halogenated alkanes) is 4. The lowest BCUT2D eigenvalue weighted by Crippen LogP contribution is -2.54. The Kier molecular flexibility index (Phi) is 13.2. The third kappa shape index (κ3) is 11.8. The molecular formula is C33H49N3O5. The van der Waals surface area contributed by atoms with E-state index in [9.17, 15) is 19.5 Å². The number of nitrogens with zero attached hydrogens (tertiary/aromatic N) is 1. The molecule has 226 valence electrons. The highest BCUT2D eigenvalue weighted by Gasteiger charge is 2.36. The van der Waals surface area contributed by atoms with Gasteiger partial charge in [0.25, 0.3) is 0 Å². The number of ether oxygens (including phenoxy) is 1. The van der Waals surface area contributed by atoms with E-state index < -0.39 is 23.8 Å². The molecule has 3 N–H and O–H groups in total. The zero-order valence-electron chi connectivity index (χ0n) is 25.8. The maximum atomic E-state index is 14.4. The van der Waals surface area contributed by atoms with Gasteiger partial charge in [-0.3, -0.25) is 9.59 Å². The average Bonchev–Trinajstić information content (AvgIpc) is 2.87. The fraction of sp³-hybridized carbons (Fsp3) is 0.545. The average molecular weight is 568 g/mol. The van der Waals surface area contributed by atoms with Gasteiger partial charge in [0.05, 0.1) is 0 Å². The van der Waals surface area contributed by atoms with Gasteiger partial charge in [-0.15, -0.1) is 0 Å². The van der Waals surface area contributed by atoms with Gasteiger partial charge in [-0.25, -0.2) is 4.79 Å². The largest absolute Gasteiger partial charge is 0.508 e. The standard InChI is InChI=1S/C33H49N3O5/c1-8-9-10-11-12-21-36(29(30(38)34-23(2)3)26-17-13-24(4)14-18-26)31(39)28(35-32(40)41-33(5,6)7)22-25-15-19-27(37)20-16-25/h13-20,23,28-29,37H,8-12,21-22H2,1-7H3,(H,34,38)(H,35,40). The Hall–Kier alpha value is -3.55. The summed E-state index contributed by atoms with van der Waals surface area (Å²) in [5, 5.41) is 15.5. The summed E-state index contributed by atoms with van der Waals surface area (Å²) in [5.74, 6) is -0.537. The summed E-state index contributed by atoms with van der Waals surface area (Å²) in [6, 6.07) is 12.1. The van der Waals surface area contributed by atoms with Crippen LogP contribution in [0.25, 0.3) is 0 Å². The highest BCUT2D eigenvalue weighted by molar-refractivity contribution is 5.92. The van der Waals surface area contributed by atoms with Crippen molar-refractivity contribution in [2.75, 3.05) is 6.54 Å². The van der Waals surface area contributed by atoms with Crippen LogP contribution in [0.3, 0.4) is 0 Å². The van der Waals surface area contributed by atoms with Gasteiger partial charge in [0.2, 0.25) is 11.8 Å². The van der Waals surface area contributed by atoms with E-state index in [2.05, 4.69) is 17.6 Å². The fourth-order valence-corrected chi connectivity index (χ4v) is 4.56. The van der Waals surface area contributed by atoms with E-state index in [1.165, 1.54) is 0 Å². The van der Waals surface area contributed by atoms with Gasteiger partial charge >= 0.3 is 6.09 Å². The van der Waals surface area contributed by atoms with E-state index in [1.54, 1.807) is 49.9 Å². The third-order valence-electron chi connectivity index (χ3n) is 6.53. The van der Waals surface area contributed by atoms with Gasteiger partial charge in [0, 0.05) is 19.0 Å². The van der Waals surface area contributed by atoms with Gasteiger partial charge in [-0.2, -0.15) is 0 Å². The molecule has 2 atom stereocenters. The topological polar surface area (TPSA) is 108 Å². The van der Waals surface area contributed by atoms with Crippen LogP contribution in [0.2, 0.25) is 0 Å². The minimum absolute atomic E-state index is 0.107. The predicted molar refractivity (Wildman–Crippen MR) is 163 cm³/mol. The summed E-state index contributed by atoms with van der Waals surface area (Å²) in [6.45, 7) is 13.5. The normalized spacial score (nSPS) is 12.9. The van der Waals surface area contributed by atoms with Crippen LogP contribution in [0, 0.1) is 6.92 Å². The molecule has 8 heteroatoms. The lowest BCUT2D eigenvalue weighted by Gasteiger charge is -2.35. The lowest BCUT2D eigenvalue weighted by molar-refractivity contribution is -0.142. The van der Waals surface area contributed by atoms with E-state index in [1.807, 2.05) is 45.0 Å². The molecule has 8 nitrogen and oxygen atoms in total. The zero-order valence-corrected chi connectivity index (χ0v) is 25.8. The highest BCUT2D eigenvalue weighted by atomic mass is 16.6. The Bertz CT molecular complexity index is 1110. The monoisotopic (exact) mass is 567 g/mol. The molecular weight excluding hydrogens is 518 g/mol. The smallest absolute Gasteiger partial charge is 0.408 e. The number of aryl methyl sites for hydroxylation is 1. The first kappa shape index (κ1) is 33.7. The second kappa shape index (κ2) is 16.0. The molecule has 0 aliphatic rings. The van der Waals surface area contributed by atoms with E-state index in [-0.39, 0.29) is 30.0 Å². The maximum absolute atomic E-state index is 14.4. The number of rotatable bonds is 14. The number of alkyl carbamates (subject to hydrolysis) is 1. The number of carbonyl (C=O) groups excluding carboxylic acids is 3. The number of phenolic OH excluding ortho intramolecular Hbond substituents is 1. The van der Waals surface area contributed by atoms with Gasteiger partial charge in [-0.05, 0) is 71.2 Å². The van der Waals surface area contributed by atoms with Crippen LogP contribution >= 0.6 is 0 Å². The van der Waals surface area contributed by atoms with Crippen LogP contribution in [-0.4, -0.2) is 52.1 Å². The van der Waals surface area contributed by atoms with Crippen molar-refractivity contribution in [1.29, 1.82) is 0 Å². The van der Waals surface area contributed by atoms with Crippen LogP contribution in [0.1, 0.15) is 96.4 Å². The molecule has 2 aromatic rings. The molecule has 2 unspecified atom stereocenters. The Morgan fingerprint density at radius 2 is 1.51 bits per heavy atom. The van der Waals surface area contributed by atoms with Crippen LogP contribution in [0.5, 0.6) is 5.75 Å². The van der Waals surface area contributed by atoms with Crippen LogP contribution in [0.4, 0.5) is 4.79 Å². The van der Waals surface area contributed by atoms with E-state index >= 15 is 0 Å². The Labute approximate surface area is 245 Å². The molecule has 0 saturated heterocycles. The van der Waals surface area contributed by atoms with Crippen molar-refractivity contribution in [3.63, 3.8) is 0 Å². The third-order valence-corrected chi connectivity index (χ3v) is 6.53. The molecule has 0 spiro atoms. The van der Waals surface area contributed by atoms with Gasteiger partial charge in [0.1, 0.15) is 23.4 Å². The molecule has 0 heterocycles. The predicted octanol–water partition coefficient (Wildman–Crippen LogP) is 6.20. The van der Waals surface area contributed by atoms with Crippen molar-refractivity contribution >= 4 is 17.9 Å². The molecule has 0 fully saturated rings. The van der Waals surface area contributed by atoms with E-state index in [0.29, 0.717) is 12.1 Å². The molecule has 0 bridgehead atoms. The number of hydrogen-bond acceptors (Lipinski definition) is 5. The summed E-state index contributed by atoms with van der Waals surface area (Å²) in [6.07, 6.45) is 4.34. The number of hydrogen-bond donors (Lipinski definition) is 3. The van der Waals surface area contributed by atoms with Crippen molar-refractivity contribution in [2.24, 2.45) is 0 Å². The SMILES string of the molecule is CCCCCCCN(C(=O)C(Cc1ccc(O)cc1)NC(=O)OC(C)(C)C)C(C(=O)NC(C)C)c1ccc(C)cc1. The van der Waals surface area contributed by atoms with Crippen molar-refractivity contribution in [1.82, 2.24) is 15.5 Å². The molecule has 3 amide bonds. The summed E-state index contributed by atoms with van der Waals surface area (Å²) in [5.41, 5.74) is 1.75. The molecule has 2 rings (SSSR count). The minimum atomic E-state index is -0.996. The highest BCUT2D eigenvalue weighted by Crippen LogP contribution is 2.25. The number of benzene rings is 2. The second-order valence-corrected chi connectivity index (χ2v) is 12.0. The number of phenols is 1. The number of amides is 3. The molecule has 0 aliphatic heterocycles. The van der Waals surface area contributed by atoms with Crippen LogP contribution < -0.4 is 10.6 Å². The molecule has 2 aromatic carbocycles. The minimum Gasteiger partial charge on any atom is -0.508 e. The van der Waals surface area contributed by atoms with Crippen molar-refractivity contribution < 1.29 is 24.2 Å². The summed E-state index contributed by atoms with van der Waals surface area (Å²) < 4.78 is 5.50. The van der Waals surface area contributed by atoms with Gasteiger partial charge in [0.15, 0.2) is 0 Å². The summed E-state index contributed by atoms with van der Waals surface area (Å²) in [7, 11) is 0. The Morgan fingerprint density at radius 3 is 2.07 bits per heavy atom. The van der Waals surface area contributed by atoms with Gasteiger partial charge in [-0.1, -0.05) is 74.6 Å². The van der Waals surface area contributed by atoms with Crippen molar-refractivity contribution in [2.45, 2.75) is 111 Å². The molecule has 0 saturated carbocycles. The molecule has 0 aliphatic carbocycles. The van der Waals surface area contributed by atoms with Crippen molar-refractivity contribution in [3.05, 3.63) is 65.2 Å². The van der Waals surface area contributed by atoms with E-state index in [0.717, 1.165) is 43.2 Å². The first-order valence-electron chi connectivity index (χ1n) is 14.8. The second-order valence-electron chi connectivity index (χ2n) is 12.0. The van der Waals surface area contributed by atoms with Crippen LogP contribution in [0.15, 0.2) is 48.5 Å². The van der Waals surface area contributed by atoms with E-state index in [4.69, 9.17) is 4.74 Å². The zero-order chi connectivity index (χ0) is 30.6.